The van der Waals surface area contributed by atoms with Crippen LogP contribution in [-0.2, 0) is 47.5 Å². The summed E-state index contributed by atoms with van der Waals surface area (Å²) in [6.45, 7) is 19.3. The van der Waals surface area contributed by atoms with Crippen LogP contribution in [-0.4, -0.2) is 101 Å². The van der Waals surface area contributed by atoms with Gasteiger partial charge in [0.2, 0.25) is 0 Å². The largest absolute Gasteiger partial charge is 0.466 e. The quantitative estimate of drug-likeness (QED) is 0.0190. The Morgan fingerprint density at radius 3 is 1.26 bits per heavy atom. The summed E-state index contributed by atoms with van der Waals surface area (Å²) in [6.07, 6.45) is 43.1. The molecular formula is C62H109NO10. The molecule has 0 aromatic carbocycles. The van der Waals surface area contributed by atoms with E-state index in [2.05, 4.69) is 95.1 Å². The summed E-state index contributed by atoms with van der Waals surface area (Å²) in [6, 6.07) is 0. The van der Waals surface area contributed by atoms with E-state index < -0.39 is 12.6 Å². The molecule has 0 N–H and O–H groups in total. The number of allylic oxidation sites excluding steroid dienone is 8. The van der Waals surface area contributed by atoms with Crippen LogP contribution in [0.1, 0.15) is 234 Å². The van der Waals surface area contributed by atoms with Gasteiger partial charge in [0.25, 0.3) is 0 Å². The lowest BCUT2D eigenvalue weighted by atomic mass is 9.52. The normalized spacial score (nSPS) is 19.2. The molecule has 2 fully saturated rings. The zero-order valence-corrected chi connectivity index (χ0v) is 47.7. The molecular weight excluding hydrogens is 919 g/mol. The van der Waals surface area contributed by atoms with E-state index in [0.717, 1.165) is 180 Å². The van der Waals surface area contributed by atoms with Crippen LogP contribution >= 0.6 is 0 Å². The molecule has 2 unspecified atom stereocenters. The maximum atomic E-state index is 13.6. The van der Waals surface area contributed by atoms with E-state index in [-0.39, 0.29) is 41.6 Å². The van der Waals surface area contributed by atoms with Crippen LogP contribution in [0.3, 0.4) is 0 Å². The molecule has 11 nitrogen and oxygen atoms in total. The number of nitrogens with zero attached hydrogens (tertiary/aromatic N) is 1. The Balaban J connectivity index is 2.09. The van der Waals surface area contributed by atoms with Gasteiger partial charge in [0.15, 0.2) is 12.6 Å². The summed E-state index contributed by atoms with van der Waals surface area (Å²) in [4.78, 5) is 42.2. The molecule has 422 valence electrons. The van der Waals surface area contributed by atoms with Crippen LogP contribution in [0.4, 0.5) is 0 Å². The Bertz CT molecular complexity index is 1360. The molecule has 2 saturated carbocycles. The van der Waals surface area contributed by atoms with Gasteiger partial charge in [0.05, 0.1) is 32.7 Å². The summed E-state index contributed by atoms with van der Waals surface area (Å²) in [5, 5.41) is 0. The fourth-order valence-corrected chi connectivity index (χ4v) is 10.6. The van der Waals surface area contributed by atoms with Crippen molar-refractivity contribution in [2.45, 2.75) is 247 Å². The number of hydrogen-bond acceptors (Lipinski definition) is 11. The van der Waals surface area contributed by atoms with E-state index in [1.54, 1.807) is 0 Å². The third-order valence-corrected chi connectivity index (χ3v) is 14.5. The predicted molar refractivity (Wildman–Crippen MR) is 298 cm³/mol. The molecule has 0 radical (unpaired) electrons. The average Bonchev–Trinajstić information content (AvgIpc) is 3.39. The molecule has 2 rings (SSSR count). The summed E-state index contributed by atoms with van der Waals surface area (Å²) in [5.41, 5.74) is -0.415. The van der Waals surface area contributed by atoms with Crippen LogP contribution < -0.4 is 0 Å². The van der Waals surface area contributed by atoms with Gasteiger partial charge in [-0.1, -0.05) is 96.6 Å². The fraction of sp³-hybridized carbons (Fsp3) is 0.823. The van der Waals surface area contributed by atoms with Gasteiger partial charge in [-0.25, -0.2) is 0 Å². The molecule has 0 spiro atoms. The van der Waals surface area contributed by atoms with Crippen LogP contribution in [0, 0.1) is 16.7 Å². The van der Waals surface area contributed by atoms with Crippen molar-refractivity contribution < 1.29 is 47.5 Å². The average molecular weight is 1030 g/mol. The maximum Gasteiger partial charge on any atom is 0.305 e. The molecule has 0 aliphatic heterocycles. The number of esters is 3. The van der Waals surface area contributed by atoms with Crippen molar-refractivity contribution >= 4 is 17.9 Å². The summed E-state index contributed by atoms with van der Waals surface area (Å²) in [5.74, 6) is -0.247. The van der Waals surface area contributed by atoms with Crippen molar-refractivity contribution in [3.05, 3.63) is 48.6 Å². The molecule has 73 heavy (non-hydrogen) atoms. The lowest BCUT2D eigenvalue weighted by Crippen LogP contribution is -2.49. The fourth-order valence-electron chi connectivity index (χ4n) is 10.6. The molecule has 0 aromatic rings. The molecule has 11 heteroatoms. The predicted octanol–water partition coefficient (Wildman–Crippen LogP) is 15.3. The number of carbonyl (C=O) groups excluding carboxylic acids is 3. The molecule has 2 aliphatic carbocycles. The number of rotatable bonds is 48. The first-order chi connectivity index (χ1) is 35.7. The lowest BCUT2D eigenvalue weighted by molar-refractivity contribution is -0.170. The van der Waals surface area contributed by atoms with Crippen LogP contribution in [0.25, 0.3) is 0 Å². The van der Waals surface area contributed by atoms with Gasteiger partial charge in [0.1, 0.15) is 0 Å². The number of carbonyl (C=O) groups is 3. The summed E-state index contributed by atoms with van der Waals surface area (Å²) in [7, 11) is 0. The van der Waals surface area contributed by atoms with Crippen LogP contribution in [0.2, 0.25) is 0 Å². The van der Waals surface area contributed by atoms with Crippen LogP contribution in [0.5, 0.6) is 0 Å². The van der Waals surface area contributed by atoms with Crippen molar-refractivity contribution in [1.82, 2.24) is 4.90 Å². The third kappa shape index (κ3) is 33.7. The topological polar surface area (TPSA) is 119 Å². The van der Waals surface area contributed by atoms with Gasteiger partial charge in [0, 0.05) is 56.5 Å². The molecule has 2 aliphatic rings. The second-order valence-corrected chi connectivity index (χ2v) is 21.0. The monoisotopic (exact) mass is 1030 g/mol. The van der Waals surface area contributed by atoms with Crippen molar-refractivity contribution in [3.8, 4) is 0 Å². The van der Waals surface area contributed by atoms with Gasteiger partial charge in [-0.05, 0) is 180 Å². The molecule has 2 bridgehead atoms. The van der Waals surface area contributed by atoms with E-state index in [1.165, 1.54) is 0 Å². The van der Waals surface area contributed by atoms with Crippen molar-refractivity contribution in [1.29, 1.82) is 0 Å². The highest BCUT2D eigenvalue weighted by Crippen LogP contribution is 2.58. The molecule has 0 saturated heterocycles. The number of ether oxygens (including phenoxy) is 7. The van der Waals surface area contributed by atoms with Gasteiger partial charge in [-0.15, -0.1) is 0 Å². The van der Waals surface area contributed by atoms with E-state index >= 15 is 0 Å². The van der Waals surface area contributed by atoms with E-state index in [0.29, 0.717) is 71.4 Å². The maximum absolute atomic E-state index is 13.6. The smallest absolute Gasteiger partial charge is 0.305 e. The van der Waals surface area contributed by atoms with Crippen molar-refractivity contribution in [2.75, 3.05) is 65.9 Å². The molecule has 2 atom stereocenters. The van der Waals surface area contributed by atoms with E-state index in [9.17, 15) is 14.4 Å². The number of fused-ring (bicyclic) bond motifs is 2. The van der Waals surface area contributed by atoms with E-state index in [1.807, 2.05) is 0 Å². The molecule has 0 heterocycles. The number of hydrogen-bond donors (Lipinski definition) is 0. The highest BCUT2D eigenvalue weighted by Gasteiger charge is 2.52. The Hall–Kier alpha value is -2.83. The first kappa shape index (κ1) is 66.3. The van der Waals surface area contributed by atoms with Crippen molar-refractivity contribution in [2.24, 2.45) is 16.7 Å². The van der Waals surface area contributed by atoms with Gasteiger partial charge < -0.3 is 38.1 Å². The van der Waals surface area contributed by atoms with Gasteiger partial charge in [-0.2, -0.15) is 0 Å². The standard InChI is InChI=1S/C62H109NO10/c1-7-13-17-21-25-29-45-68-59(69-46-30-26-22-18-14-8-2)40-38-57(65)72-53-61-42-35-43-62(52-61,51-55(50-61)36-34-49-67-56(64)37-33-44-63(11-5)12-6)54-73-58(66)39-41-60(70-47-31-27-23-19-15-9-3)71-48-32-28-24-20-16-10-4/h13-20,55,59-60H,7-12,21-54H2,1-6H3/b17-13-,18-14-,19-15-,20-16-. The third-order valence-electron chi connectivity index (χ3n) is 14.5. The Labute approximate surface area is 446 Å². The van der Waals surface area contributed by atoms with E-state index in [4.69, 9.17) is 33.2 Å². The Morgan fingerprint density at radius 1 is 0.479 bits per heavy atom. The highest BCUT2D eigenvalue weighted by molar-refractivity contribution is 5.70. The first-order valence-electron chi connectivity index (χ1n) is 29.9. The lowest BCUT2D eigenvalue weighted by Gasteiger charge is -2.54. The SMILES string of the molecule is CC/C=C\CCCCOC(CCC(=O)OCC12CCCC(COC(=O)CCC(OCCCC/C=C\CC)OCCCC/C=C\CC)(CC(CCCOC(=O)CCCN(CC)CC)C1)C2)OCCCC/C=C\CC. The minimum Gasteiger partial charge on any atom is -0.466 e. The minimum absolute atomic E-state index is 0.130. The zero-order chi connectivity index (χ0) is 52.9. The van der Waals surface area contributed by atoms with Gasteiger partial charge >= 0.3 is 17.9 Å². The van der Waals surface area contributed by atoms with Crippen LogP contribution in [0.15, 0.2) is 48.6 Å². The zero-order valence-electron chi connectivity index (χ0n) is 47.7. The summed E-state index contributed by atoms with van der Waals surface area (Å²) < 4.78 is 43.1. The second kappa shape index (κ2) is 44.3. The van der Waals surface area contributed by atoms with Gasteiger partial charge in [-0.3, -0.25) is 14.4 Å². The first-order valence-corrected chi connectivity index (χ1v) is 29.9. The highest BCUT2D eigenvalue weighted by atomic mass is 16.7. The molecule has 0 aromatic heterocycles. The Morgan fingerprint density at radius 2 is 0.877 bits per heavy atom. The number of unbranched alkanes of at least 4 members (excludes halogenated alkanes) is 8. The molecule has 0 amide bonds. The Kier molecular flexibility index (Phi) is 40.2. The second-order valence-electron chi connectivity index (χ2n) is 21.0. The minimum atomic E-state index is -0.444. The summed E-state index contributed by atoms with van der Waals surface area (Å²) >= 11 is 0. The van der Waals surface area contributed by atoms with Crippen molar-refractivity contribution in [3.63, 3.8) is 0 Å².